The lowest BCUT2D eigenvalue weighted by Crippen LogP contribution is -2.44. The van der Waals surface area contributed by atoms with Crippen molar-refractivity contribution in [2.45, 2.75) is 55.8 Å². The molecule has 3 aromatic carbocycles. The van der Waals surface area contributed by atoms with E-state index in [0.29, 0.717) is 31.2 Å². The van der Waals surface area contributed by atoms with Gasteiger partial charge in [0.15, 0.2) is 0 Å². The van der Waals surface area contributed by atoms with Crippen molar-refractivity contribution in [3.05, 3.63) is 79.1 Å². The van der Waals surface area contributed by atoms with Crippen molar-refractivity contribution in [1.29, 1.82) is 0 Å². The van der Waals surface area contributed by atoms with E-state index in [1.807, 2.05) is 0 Å². The monoisotopic (exact) mass is 584 g/mol. The summed E-state index contributed by atoms with van der Waals surface area (Å²) in [6.07, 6.45) is -2.61. The number of aryl methyl sites for hydroxylation is 1. The molecule has 1 aliphatic carbocycles. The van der Waals surface area contributed by atoms with Crippen molar-refractivity contribution in [3.63, 3.8) is 0 Å². The molecule has 0 heterocycles. The highest BCUT2D eigenvalue weighted by Gasteiger charge is 2.33. The maximum absolute atomic E-state index is 12.9. The maximum Gasteiger partial charge on any atom is 0.417 e. The number of halogens is 4. The van der Waals surface area contributed by atoms with Crippen LogP contribution in [0.3, 0.4) is 0 Å². The Morgan fingerprint density at radius 1 is 0.949 bits per heavy atom. The van der Waals surface area contributed by atoms with Crippen molar-refractivity contribution in [2.24, 2.45) is 0 Å². The van der Waals surface area contributed by atoms with Crippen LogP contribution in [-0.4, -0.2) is 26.5 Å². The molecule has 14 heteroatoms. The van der Waals surface area contributed by atoms with Gasteiger partial charge in [-0.15, -0.1) is 0 Å². The Hall–Kier alpha value is -3.58. The summed E-state index contributed by atoms with van der Waals surface area (Å²) in [7, 11) is -4.08. The number of anilines is 3. The molecule has 0 atom stereocenters. The zero-order valence-corrected chi connectivity index (χ0v) is 22.1. The lowest BCUT2D eigenvalue weighted by atomic mass is 9.91. The van der Waals surface area contributed by atoms with E-state index >= 15 is 0 Å². The summed E-state index contributed by atoms with van der Waals surface area (Å²) < 4.78 is 66.3. The number of nitrogens with one attached hydrogen (secondary N) is 4. The average molecular weight is 585 g/mol. The van der Waals surface area contributed by atoms with Crippen molar-refractivity contribution in [3.8, 4) is 0 Å². The van der Waals surface area contributed by atoms with Crippen LogP contribution in [0, 0.1) is 6.92 Å². The van der Waals surface area contributed by atoms with Crippen LogP contribution in [0.25, 0.3) is 0 Å². The van der Waals surface area contributed by atoms with Crippen LogP contribution in [0.4, 0.5) is 35.0 Å². The van der Waals surface area contributed by atoms with Crippen LogP contribution in [-0.2, 0) is 16.2 Å². The molecule has 39 heavy (non-hydrogen) atoms. The molecule has 1 aliphatic rings. The van der Waals surface area contributed by atoms with Crippen molar-refractivity contribution < 1.29 is 26.4 Å². The Balaban J connectivity index is 1.31. The second kappa shape index (κ2) is 10.9. The number of urea groups is 1. The lowest BCUT2D eigenvalue weighted by molar-refractivity contribution is -0.137. The fourth-order valence-corrected chi connectivity index (χ4v) is 6.05. The van der Waals surface area contributed by atoms with Gasteiger partial charge in [-0.2, -0.15) is 13.2 Å². The maximum atomic E-state index is 12.9. The quantitative estimate of drug-likeness (QED) is 0.300. The van der Waals surface area contributed by atoms with Crippen molar-refractivity contribution in [1.82, 2.24) is 5.32 Å². The second-order valence-electron chi connectivity index (χ2n) is 9.26. The predicted octanol–water partition coefficient (Wildman–Crippen LogP) is 4.61. The molecule has 9 nitrogen and oxygen atoms in total. The first-order chi connectivity index (χ1) is 18.3. The summed E-state index contributed by atoms with van der Waals surface area (Å²) >= 11 is 5.68. The molecule has 0 saturated heterocycles. The van der Waals surface area contributed by atoms with Gasteiger partial charge in [-0.3, -0.25) is 14.3 Å². The van der Waals surface area contributed by atoms with Gasteiger partial charge >= 0.3 is 12.2 Å². The average Bonchev–Trinajstić information content (AvgIpc) is 2.86. The van der Waals surface area contributed by atoms with Crippen LogP contribution in [0.5, 0.6) is 0 Å². The van der Waals surface area contributed by atoms with E-state index in [0.717, 1.165) is 18.2 Å². The molecule has 0 bridgehead atoms. The van der Waals surface area contributed by atoms with E-state index < -0.39 is 43.7 Å². The highest BCUT2D eigenvalue weighted by atomic mass is 35.5. The Morgan fingerprint density at radius 2 is 1.56 bits per heavy atom. The van der Waals surface area contributed by atoms with Crippen LogP contribution in [0.2, 0.25) is 5.02 Å². The third kappa shape index (κ3) is 6.36. The van der Waals surface area contributed by atoms with E-state index in [9.17, 15) is 36.0 Å². The second-order valence-corrected chi connectivity index (χ2v) is 11.3. The van der Waals surface area contributed by atoms with Gasteiger partial charge in [-0.05, 0) is 62.4 Å². The first kappa shape index (κ1) is 28.4. The Morgan fingerprint density at radius 3 is 2.18 bits per heavy atom. The van der Waals surface area contributed by atoms with Crippen LogP contribution >= 0.6 is 11.6 Å². The number of carbonyl (C=O) groups excluding carboxylic acids is 1. The Bertz CT molecular complexity index is 1580. The third-order valence-electron chi connectivity index (χ3n) is 6.47. The molecule has 0 unspecified atom stereocenters. The van der Waals surface area contributed by atoms with Crippen LogP contribution < -0.4 is 31.5 Å². The highest BCUT2D eigenvalue weighted by Crippen LogP contribution is 2.36. The zero-order chi connectivity index (χ0) is 28.5. The SMILES string of the molecule is Cc1ccccc1S(=O)(=O)Nc1c(NC2CCC(NC(=O)Nc3ccc(C(F)(F)F)c(Cl)c3)CC2)c(=O)c1=O. The Labute approximate surface area is 226 Å². The topological polar surface area (TPSA) is 133 Å². The summed E-state index contributed by atoms with van der Waals surface area (Å²) in [5, 5.41) is 7.62. The minimum atomic E-state index is -4.61. The fourth-order valence-electron chi connectivity index (χ4n) is 4.44. The standard InChI is InChI=1S/C25H24ClF3N4O5S/c1-13-4-2-3-5-19(13)39(37,38)33-21-20(22(34)23(21)35)30-14-6-8-15(9-7-14)31-24(36)32-16-10-11-17(18(26)12-16)25(27,28)29/h2-5,10-12,14-15,30,33H,6-9H2,1H3,(H2,31,32,36). The summed E-state index contributed by atoms with van der Waals surface area (Å²) in [6, 6.07) is 8.03. The van der Waals surface area contributed by atoms with Gasteiger partial charge in [0.2, 0.25) is 0 Å². The minimum absolute atomic E-state index is 0.00701. The molecule has 4 rings (SSSR count). The third-order valence-corrected chi connectivity index (χ3v) is 8.30. The molecular formula is C25H24ClF3N4O5S. The largest absolute Gasteiger partial charge is 0.417 e. The van der Waals surface area contributed by atoms with E-state index in [4.69, 9.17) is 11.6 Å². The molecule has 4 N–H and O–H groups in total. The molecule has 1 fully saturated rings. The van der Waals surface area contributed by atoms with E-state index in [1.54, 1.807) is 25.1 Å². The predicted molar refractivity (Wildman–Crippen MR) is 142 cm³/mol. The van der Waals surface area contributed by atoms with Crippen molar-refractivity contribution in [2.75, 3.05) is 15.4 Å². The minimum Gasteiger partial charge on any atom is -0.377 e. The van der Waals surface area contributed by atoms with Gasteiger partial charge in [-0.1, -0.05) is 29.8 Å². The van der Waals surface area contributed by atoms with Crippen LogP contribution in [0.15, 0.2) is 56.9 Å². The number of benzene rings is 2. The molecule has 1 saturated carbocycles. The van der Waals surface area contributed by atoms with Crippen molar-refractivity contribution >= 4 is 44.7 Å². The Kier molecular flexibility index (Phi) is 7.94. The molecular weight excluding hydrogens is 561 g/mol. The molecule has 208 valence electrons. The van der Waals surface area contributed by atoms with Gasteiger partial charge in [0.25, 0.3) is 20.9 Å². The van der Waals surface area contributed by atoms with Gasteiger partial charge in [0, 0.05) is 17.8 Å². The number of hydrogen-bond acceptors (Lipinski definition) is 6. The number of amides is 2. The number of carbonyl (C=O) groups is 1. The van der Waals surface area contributed by atoms with Gasteiger partial charge in [0.05, 0.1) is 15.5 Å². The number of hydrogen-bond donors (Lipinski definition) is 4. The fraction of sp³-hybridized carbons (Fsp3) is 0.320. The van der Waals surface area contributed by atoms with Gasteiger partial charge in [-0.25, -0.2) is 13.2 Å². The molecule has 0 spiro atoms. The molecule has 0 aliphatic heterocycles. The molecule has 0 radical (unpaired) electrons. The van der Waals surface area contributed by atoms with E-state index in [2.05, 4.69) is 20.7 Å². The molecule has 3 aromatic rings. The smallest absolute Gasteiger partial charge is 0.377 e. The van der Waals surface area contributed by atoms with Gasteiger partial charge < -0.3 is 16.0 Å². The lowest BCUT2D eigenvalue weighted by Gasteiger charge is -2.31. The normalized spacial score (nSPS) is 18.0. The first-order valence-electron chi connectivity index (χ1n) is 11.9. The van der Waals surface area contributed by atoms with E-state index in [1.165, 1.54) is 6.07 Å². The summed E-state index contributed by atoms with van der Waals surface area (Å²) in [6.45, 7) is 1.61. The van der Waals surface area contributed by atoms with Crippen LogP contribution in [0.1, 0.15) is 36.8 Å². The van der Waals surface area contributed by atoms with E-state index in [-0.39, 0.29) is 34.0 Å². The zero-order valence-electron chi connectivity index (χ0n) is 20.5. The number of alkyl halides is 3. The first-order valence-corrected chi connectivity index (χ1v) is 13.7. The number of sulfonamides is 1. The summed E-state index contributed by atoms with van der Waals surface area (Å²) in [5.41, 5.74) is -2.56. The summed E-state index contributed by atoms with van der Waals surface area (Å²) in [5.74, 6) is 0. The molecule has 0 aromatic heterocycles. The number of rotatable bonds is 7. The summed E-state index contributed by atoms with van der Waals surface area (Å²) in [4.78, 5) is 36.6. The highest BCUT2D eigenvalue weighted by molar-refractivity contribution is 7.92. The molecule has 2 amide bonds. The van der Waals surface area contributed by atoms with Gasteiger partial charge in [0.1, 0.15) is 11.4 Å².